The van der Waals surface area contributed by atoms with Crippen molar-refractivity contribution in [3.8, 4) is 0 Å². The second kappa shape index (κ2) is 7.78. The first-order valence-corrected chi connectivity index (χ1v) is 10.7. The number of thiol groups is 1. The number of nitrogen functional groups attached to an aromatic ring is 1. The minimum Gasteiger partial charge on any atom is -0.397 e. The van der Waals surface area contributed by atoms with E-state index in [1.165, 1.54) is 11.7 Å². The Balaban J connectivity index is 1.85. The Morgan fingerprint density at radius 1 is 0.862 bits per heavy atom. The van der Waals surface area contributed by atoms with Gasteiger partial charge in [-0.15, -0.1) is 0 Å². The maximum absolute atomic E-state index is 9.58. The number of benzene rings is 2. The van der Waals surface area contributed by atoms with Crippen LogP contribution in [0.15, 0.2) is 0 Å². The standard InChI is InChI=1S/C17H20N8OS3/c1-6-11(20-26)10(18)8(16-13(6)22-28-24-16)4-5-9-15(21-27)12(19-3)7(2)14-17(9)25-29-23-14/h19-21,26-27H,4-5,18H2,1-3H3. The van der Waals surface area contributed by atoms with E-state index in [9.17, 15) is 5.21 Å². The fraction of sp³-hybridized carbons (Fsp3) is 0.294. The molecule has 0 fully saturated rings. The fourth-order valence-corrected chi connectivity index (χ4v) is 5.26. The molecule has 0 aliphatic heterocycles. The van der Waals surface area contributed by atoms with Crippen LogP contribution in [-0.2, 0) is 12.8 Å². The van der Waals surface area contributed by atoms with Crippen LogP contribution >= 0.6 is 36.3 Å². The van der Waals surface area contributed by atoms with E-state index >= 15 is 0 Å². The summed E-state index contributed by atoms with van der Waals surface area (Å²) in [6.07, 6.45) is 1.22. The molecule has 0 amide bonds. The molecule has 0 aliphatic carbocycles. The van der Waals surface area contributed by atoms with E-state index in [0.29, 0.717) is 24.2 Å². The van der Waals surface area contributed by atoms with E-state index in [4.69, 9.17) is 5.73 Å². The molecule has 29 heavy (non-hydrogen) atoms. The number of rotatable bonds is 6. The van der Waals surface area contributed by atoms with Gasteiger partial charge in [-0.3, -0.25) is 10.7 Å². The number of aromatic nitrogens is 4. The zero-order chi connectivity index (χ0) is 20.7. The summed E-state index contributed by atoms with van der Waals surface area (Å²) < 4.78 is 20.8. The van der Waals surface area contributed by atoms with Gasteiger partial charge in [-0.05, 0) is 26.7 Å². The van der Waals surface area contributed by atoms with Crippen molar-refractivity contribution in [2.24, 2.45) is 0 Å². The van der Waals surface area contributed by atoms with E-state index in [0.717, 1.165) is 67.4 Å². The maximum Gasteiger partial charge on any atom is 0.110 e. The highest BCUT2D eigenvalue weighted by atomic mass is 32.1. The third-order valence-electron chi connectivity index (χ3n) is 5.25. The van der Waals surface area contributed by atoms with Crippen molar-refractivity contribution in [1.82, 2.24) is 17.5 Å². The zero-order valence-electron chi connectivity index (χ0n) is 16.0. The number of aryl methyl sites for hydroxylation is 4. The van der Waals surface area contributed by atoms with Gasteiger partial charge in [-0.1, -0.05) is 12.8 Å². The number of hydrogen-bond acceptors (Lipinski definition) is 12. The van der Waals surface area contributed by atoms with E-state index < -0.39 is 0 Å². The highest BCUT2D eigenvalue weighted by molar-refractivity contribution is 7.81. The lowest BCUT2D eigenvalue weighted by molar-refractivity contribution is 0.389. The Kier molecular flexibility index (Phi) is 5.34. The van der Waals surface area contributed by atoms with Gasteiger partial charge in [0.25, 0.3) is 0 Å². The van der Waals surface area contributed by atoms with Crippen LogP contribution in [0.25, 0.3) is 22.1 Å². The molecule has 4 aromatic rings. The summed E-state index contributed by atoms with van der Waals surface area (Å²) in [5.41, 5.74) is 18.2. The molecular weight excluding hydrogens is 428 g/mol. The lowest BCUT2D eigenvalue weighted by Gasteiger charge is -2.18. The van der Waals surface area contributed by atoms with Crippen molar-refractivity contribution in [1.29, 1.82) is 0 Å². The molecule has 2 aromatic heterocycles. The predicted octanol–water partition coefficient (Wildman–Crippen LogP) is 3.78. The van der Waals surface area contributed by atoms with Crippen molar-refractivity contribution in [3.63, 3.8) is 0 Å². The van der Waals surface area contributed by atoms with Gasteiger partial charge in [-0.2, -0.15) is 17.5 Å². The van der Waals surface area contributed by atoms with Crippen molar-refractivity contribution >= 4 is 81.1 Å². The molecule has 0 spiro atoms. The van der Waals surface area contributed by atoms with Crippen LogP contribution in [0.1, 0.15) is 22.3 Å². The Bertz CT molecular complexity index is 1220. The number of hydrogen-bond donors (Lipinski definition) is 6. The summed E-state index contributed by atoms with van der Waals surface area (Å²) >= 11 is 6.65. The van der Waals surface area contributed by atoms with Crippen LogP contribution in [0, 0.1) is 13.8 Å². The summed E-state index contributed by atoms with van der Waals surface area (Å²) in [4.78, 5) is 0. The molecule has 2 aromatic carbocycles. The number of anilines is 4. The average Bonchev–Trinajstić information content (AvgIpc) is 3.39. The molecule has 12 heteroatoms. The quantitative estimate of drug-likeness (QED) is 0.148. The zero-order valence-corrected chi connectivity index (χ0v) is 18.5. The first-order chi connectivity index (χ1) is 14.0. The highest BCUT2D eigenvalue weighted by Gasteiger charge is 2.22. The Labute approximate surface area is 180 Å². The fourth-order valence-electron chi connectivity index (χ4n) is 3.77. The van der Waals surface area contributed by atoms with Crippen molar-refractivity contribution in [2.75, 3.05) is 28.3 Å². The van der Waals surface area contributed by atoms with Crippen molar-refractivity contribution in [3.05, 3.63) is 22.3 Å². The van der Waals surface area contributed by atoms with Gasteiger partial charge in [-0.25, -0.2) is 0 Å². The molecule has 0 atom stereocenters. The summed E-state index contributed by atoms with van der Waals surface area (Å²) in [5, 5.41) is 12.8. The summed E-state index contributed by atoms with van der Waals surface area (Å²) in [7, 11) is 1.87. The Hall–Kier alpha value is -2.41. The lowest BCUT2D eigenvalue weighted by atomic mass is 9.95. The highest BCUT2D eigenvalue weighted by Crippen LogP contribution is 2.40. The minimum atomic E-state index is 0.466. The monoisotopic (exact) mass is 448 g/mol. The molecule has 0 saturated carbocycles. The first kappa shape index (κ1) is 19.9. The molecular formula is C17H20N8OS3. The first-order valence-electron chi connectivity index (χ1n) is 8.82. The topological polar surface area (TPSA) is 134 Å². The normalized spacial score (nSPS) is 11.3. The van der Waals surface area contributed by atoms with E-state index in [2.05, 4.69) is 45.8 Å². The molecule has 4 rings (SSSR count). The Morgan fingerprint density at radius 3 is 1.93 bits per heavy atom. The maximum atomic E-state index is 9.58. The van der Waals surface area contributed by atoms with Crippen LogP contribution in [0.4, 0.5) is 22.7 Å². The molecule has 0 bridgehead atoms. The predicted molar refractivity (Wildman–Crippen MR) is 124 cm³/mol. The van der Waals surface area contributed by atoms with Gasteiger partial charge in [0, 0.05) is 29.3 Å². The molecule has 0 saturated heterocycles. The lowest BCUT2D eigenvalue weighted by Crippen LogP contribution is -2.07. The van der Waals surface area contributed by atoms with Crippen LogP contribution < -0.4 is 21.3 Å². The van der Waals surface area contributed by atoms with Crippen LogP contribution in [0.2, 0.25) is 0 Å². The SMILES string of the molecule is CNc1c(NS)c(CCc2c(N)c(NO)c(C)c3nsnc23)c2nsnc2c1C. The molecule has 0 unspecified atom stereocenters. The number of fused-ring (bicyclic) bond motifs is 2. The largest absolute Gasteiger partial charge is 0.397 e. The summed E-state index contributed by atoms with van der Waals surface area (Å²) in [6.45, 7) is 3.87. The molecule has 2 heterocycles. The number of nitrogens with zero attached hydrogens (tertiary/aromatic N) is 4. The number of nitrogens with one attached hydrogen (secondary N) is 3. The third kappa shape index (κ3) is 3.03. The smallest absolute Gasteiger partial charge is 0.110 e. The van der Waals surface area contributed by atoms with Gasteiger partial charge < -0.3 is 15.8 Å². The second-order valence-electron chi connectivity index (χ2n) is 6.64. The van der Waals surface area contributed by atoms with Gasteiger partial charge in [0.2, 0.25) is 0 Å². The van der Waals surface area contributed by atoms with Gasteiger partial charge in [0.15, 0.2) is 0 Å². The van der Waals surface area contributed by atoms with Crippen molar-refractivity contribution in [2.45, 2.75) is 26.7 Å². The van der Waals surface area contributed by atoms with Crippen molar-refractivity contribution < 1.29 is 5.21 Å². The van der Waals surface area contributed by atoms with E-state index in [1.54, 1.807) is 0 Å². The third-order valence-corrected chi connectivity index (χ3v) is 6.53. The molecule has 9 nitrogen and oxygen atoms in total. The second-order valence-corrected chi connectivity index (χ2v) is 7.92. The molecule has 152 valence electrons. The summed E-state index contributed by atoms with van der Waals surface area (Å²) in [5.74, 6) is 0. The van der Waals surface area contributed by atoms with E-state index in [1.807, 2.05) is 20.9 Å². The summed E-state index contributed by atoms with van der Waals surface area (Å²) in [6, 6.07) is 0. The van der Waals surface area contributed by atoms with Gasteiger partial charge >= 0.3 is 0 Å². The Morgan fingerprint density at radius 2 is 1.38 bits per heavy atom. The van der Waals surface area contributed by atoms with Crippen LogP contribution in [0.3, 0.4) is 0 Å². The number of nitrogens with two attached hydrogens (primary N) is 1. The average molecular weight is 449 g/mol. The minimum absolute atomic E-state index is 0.466. The van der Waals surface area contributed by atoms with Crippen LogP contribution in [0.5, 0.6) is 0 Å². The van der Waals surface area contributed by atoms with Gasteiger partial charge in [0.1, 0.15) is 22.1 Å². The molecule has 6 N–H and O–H groups in total. The van der Waals surface area contributed by atoms with Crippen LogP contribution in [-0.4, -0.2) is 29.7 Å². The van der Waals surface area contributed by atoms with E-state index in [-0.39, 0.29) is 0 Å². The van der Waals surface area contributed by atoms with Gasteiger partial charge in [0.05, 0.1) is 46.2 Å². The molecule has 0 aliphatic rings. The molecule has 0 radical (unpaired) electrons.